The maximum atomic E-state index is 12.6. The summed E-state index contributed by atoms with van der Waals surface area (Å²) in [5.74, 6) is -0.0774. The molecular formula is C19H20ClN5O2S. The first kappa shape index (κ1) is 18.9. The number of amides is 1. The second-order valence-corrected chi connectivity index (χ2v) is 8.32. The fraction of sp³-hybridized carbons (Fsp3) is 0.368. The Morgan fingerprint density at radius 3 is 2.93 bits per heavy atom. The van der Waals surface area contributed by atoms with E-state index in [9.17, 15) is 9.59 Å². The highest BCUT2D eigenvalue weighted by molar-refractivity contribution is 7.20. The molecule has 1 amide bonds. The number of fused-ring (bicyclic) bond motifs is 1. The summed E-state index contributed by atoms with van der Waals surface area (Å²) in [5, 5.41) is 8.83. The zero-order valence-corrected chi connectivity index (χ0v) is 17.0. The Morgan fingerprint density at radius 2 is 2.14 bits per heavy atom. The molecule has 0 aliphatic carbocycles. The van der Waals surface area contributed by atoms with Crippen LogP contribution in [0.4, 0.5) is 5.13 Å². The van der Waals surface area contributed by atoms with E-state index >= 15 is 0 Å². The van der Waals surface area contributed by atoms with Crippen LogP contribution in [-0.4, -0.2) is 33.6 Å². The van der Waals surface area contributed by atoms with Crippen molar-refractivity contribution in [3.8, 4) is 0 Å². The zero-order valence-electron chi connectivity index (χ0n) is 15.4. The quantitative estimate of drug-likeness (QED) is 0.705. The Morgan fingerprint density at radius 1 is 1.36 bits per heavy atom. The average molecular weight is 418 g/mol. The zero-order chi connectivity index (χ0) is 19.7. The van der Waals surface area contributed by atoms with Crippen molar-refractivity contribution in [3.05, 3.63) is 57.0 Å². The SMILES string of the molecule is Cc1cc(=O)n2nc(N3CCC[C@@H](C(=O)NCc4ccc(Cl)cc4)C3)sc2n1. The van der Waals surface area contributed by atoms with Gasteiger partial charge in [-0.15, -0.1) is 5.10 Å². The van der Waals surface area contributed by atoms with Crippen LogP contribution in [0.1, 0.15) is 24.1 Å². The maximum absolute atomic E-state index is 12.6. The molecule has 1 saturated heterocycles. The third-order valence-corrected chi connectivity index (χ3v) is 6.03. The van der Waals surface area contributed by atoms with E-state index in [4.69, 9.17) is 11.6 Å². The van der Waals surface area contributed by atoms with E-state index in [1.54, 1.807) is 6.92 Å². The summed E-state index contributed by atoms with van der Waals surface area (Å²) in [7, 11) is 0. The summed E-state index contributed by atoms with van der Waals surface area (Å²) in [4.78, 5) is 31.8. The Labute approximate surface area is 171 Å². The summed E-state index contributed by atoms with van der Waals surface area (Å²) in [6.45, 7) is 3.67. The number of aryl methyl sites for hydroxylation is 1. The molecule has 1 fully saturated rings. The molecule has 1 aliphatic heterocycles. The number of nitrogens with zero attached hydrogens (tertiary/aromatic N) is 4. The minimum Gasteiger partial charge on any atom is -0.352 e. The van der Waals surface area contributed by atoms with E-state index in [0.717, 1.165) is 30.1 Å². The van der Waals surface area contributed by atoms with Crippen LogP contribution >= 0.6 is 22.9 Å². The van der Waals surface area contributed by atoms with Crippen molar-refractivity contribution in [1.29, 1.82) is 0 Å². The predicted molar refractivity (Wildman–Crippen MR) is 110 cm³/mol. The molecule has 0 unspecified atom stereocenters. The molecule has 0 spiro atoms. The van der Waals surface area contributed by atoms with Crippen molar-refractivity contribution in [2.24, 2.45) is 5.92 Å². The van der Waals surface area contributed by atoms with Gasteiger partial charge in [0.2, 0.25) is 16.0 Å². The molecule has 1 N–H and O–H groups in total. The van der Waals surface area contributed by atoms with Crippen LogP contribution in [-0.2, 0) is 11.3 Å². The van der Waals surface area contributed by atoms with Crippen molar-refractivity contribution in [1.82, 2.24) is 19.9 Å². The molecule has 146 valence electrons. The molecule has 0 bridgehead atoms. The number of carbonyl (C=O) groups excluding carboxylic acids is 1. The van der Waals surface area contributed by atoms with Crippen LogP contribution in [0.5, 0.6) is 0 Å². The molecule has 0 saturated carbocycles. The Bertz CT molecular complexity index is 1060. The number of aromatic nitrogens is 3. The Kier molecular flexibility index (Phi) is 5.32. The summed E-state index contributed by atoms with van der Waals surface area (Å²) in [6.07, 6.45) is 1.74. The highest BCUT2D eigenvalue weighted by atomic mass is 35.5. The van der Waals surface area contributed by atoms with Crippen LogP contribution in [0.3, 0.4) is 0 Å². The molecule has 1 aromatic carbocycles. The van der Waals surface area contributed by atoms with Crippen LogP contribution in [0, 0.1) is 12.8 Å². The number of benzene rings is 1. The standard InChI is InChI=1S/C19H20ClN5O2S/c1-12-9-16(26)25-18(22-12)28-19(23-25)24-8-2-3-14(11-24)17(27)21-10-13-4-6-15(20)7-5-13/h4-7,9,14H,2-3,8,10-11H2,1H3,(H,21,27)/t14-/m1/s1. The molecule has 9 heteroatoms. The topological polar surface area (TPSA) is 79.6 Å². The summed E-state index contributed by atoms with van der Waals surface area (Å²) in [5.41, 5.74) is 1.51. The number of halogens is 1. The second kappa shape index (κ2) is 7.89. The average Bonchev–Trinajstić information content (AvgIpc) is 3.12. The monoisotopic (exact) mass is 417 g/mol. The van der Waals surface area contributed by atoms with Gasteiger partial charge in [-0.25, -0.2) is 4.98 Å². The highest BCUT2D eigenvalue weighted by Crippen LogP contribution is 2.27. The summed E-state index contributed by atoms with van der Waals surface area (Å²) < 4.78 is 1.33. The first-order valence-electron chi connectivity index (χ1n) is 9.14. The molecule has 3 aromatic rings. The molecule has 3 heterocycles. The molecule has 4 rings (SSSR count). The molecule has 1 atom stereocenters. The van der Waals surface area contributed by atoms with Gasteiger partial charge >= 0.3 is 0 Å². The van der Waals surface area contributed by atoms with Crippen LogP contribution in [0.2, 0.25) is 5.02 Å². The van der Waals surface area contributed by atoms with E-state index in [1.165, 1.54) is 21.9 Å². The van der Waals surface area contributed by atoms with Gasteiger partial charge in [0, 0.05) is 36.4 Å². The van der Waals surface area contributed by atoms with Gasteiger partial charge in [0.15, 0.2) is 0 Å². The summed E-state index contributed by atoms with van der Waals surface area (Å²) >= 11 is 7.27. The molecule has 1 aliphatic rings. The van der Waals surface area contributed by atoms with E-state index in [0.29, 0.717) is 28.8 Å². The lowest BCUT2D eigenvalue weighted by Crippen LogP contribution is -2.43. The van der Waals surface area contributed by atoms with Crippen molar-refractivity contribution < 1.29 is 4.79 Å². The number of hydrogen-bond donors (Lipinski definition) is 1. The third kappa shape index (κ3) is 4.02. The smallest absolute Gasteiger partial charge is 0.275 e. The number of anilines is 1. The number of piperidine rings is 1. The fourth-order valence-electron chi connectivity index (χ4n) is 3.34. The molecule has 7 nitrogen and oxygen atoms in total. The first-order valence-corrected chi connectivity index (χ1v) is 10.3. The van der Waals surface area contributed by atoms with Gasteiger partial charge in [0.25, 0.3) is 5.56 Å². The van der Waals surface area contributed by atoms with E-state index in [2.05, 4.69) is 20.3 Å². The Balaban J connectivity index is 1.43. The first-order chi connectivity index (χ1) is 13.5. The minimum absolute atomic E-state index is 0.0342. The lowest BCUT2D eigenvalue weighted by atomic mass is 9.97. The molecule has 0 radical (unpaired) electrons. The van der Waals surface area contributed by atoms with Crippen LogP contribution < -0.4 is 15.8 Å². The van der Waals surface area contributed by atoms with Crippen molar-refractivity contribution >= 4 is 38.9 Å². The number of hydrogen-bond acceptors (Lipinski definition) is 6. The third-order valence-electron chi connectivity index (χ3n) is 4.81. The molecule has 28 heavy (non-hydrogen) atoms. The highest BCUT2D eigenvalue weighted by Gasteiger charge is 2.27. The molecule has 2 aromatic heterocycles. The lowest BCUT2D eigenvalue weighted by Gasteiger charge is -2.31. The van der Waals surface area contributed by atoms with Gasteiger partial charge in [-0.2, -0.15) is 4.52 Å². The minimum atomic E-state index is -0.181. The lowest BCUT2D eigenvalue weighted by molar-refractivity contribution is -0.125. The van der Waals surface area contributed by atoms with Crippen LogP contribution in [0.15, 0.2) is 35.1 Å². The van der Waals surface area contributed by atoms with E-state index < -0.39 is 0 Å². The van der Waals surface area contributed by atoms with Crippen LogP contribution in [0.25, 0.3) is 4.96 Å². The van der Waals surface area contributed by atoms with Gasteiger partial charge < -0.3 is 10.2 Å². The number of rotatable bonds is 4. The normalized spacial score (nSPS) is 17.1. The largest absolute Gasteiger partial charge is 0.352 e. The van der Waals surface area contributed by atoms with Crippen molar-refractivity contribution in [3.63, 3.8) is 0 Å². The van der Waals surface area contributed by atoms with Gasteiger partial charge in [-0.05, 0) is 37.5 Å². The van der Waals surface area contributed by atoms with Crippen molar-refractivity contribution in [2.45, 2.75) is 26.3 Å². The number of nitrogens with one attached hydrogen (secondary N) is 1. The van der Waals surface area contributed by atoms with E-state index in [1.807, 2.05) is 24.3 Å². The van der Waals surface area contributed by atoms with Gasteiger partial charge in [-0.3, -0.25) is 9.59 Å². The van der Waals surface area contributed by atoms with Gasteiger partial charge in [-0.1, -0.05) is 35.1 Å². The Hall–Kier alpha value is -2.45. The predicted octanol–water partition coefficient (Wildman–Crippen LogP) is 2.65. The summed E-state index contributed by atoms with van der Waals surface area (Å²) in [6, 6.07) is 8.92. The van der Waals surface area contributed by atoms with Crippen molar-refractivity contribution in [2.75, 3.05) is 18.0 Å². The fourth-order valence-corrected chi connectivity index (χ4v) is 4.45. The van der Waals surface area contributed by atoms with Gasteiger partial charge in [0.05, 0.1) is 5.92 Å². The van der Waals surface area contributed by atoms with E-state index in [-0.39, 0.29) is 17.4 Å². The van der Waals surface area contributed by atoms with Gasteiger partial charge in [0.1, 0.15) is 0 Å². The maximum Gasteiger partial charge on any atom is 0.275 e. The second-order valence-electron chi connectivity index (χ2n) is 6.94. The number of carbonyl (C=O) groups is 1. The molecular weight excluding hydrogens is 398 g/mol.